The van der Waals surface area contributed by atoms with Crippen molar-refractivity contribution >= 4 is 40.0 Å². The van der Waals surface area contributed by atoms with Gasteiger partial charge in [-0.1, -0.05) is 12.1 Å². The molecule has 1 aromatic carbocycles. The average Bonchev–Trinajstić information content (AvgIpc) is 2.96. The van der Waals surface area contributed by atoms with Crippen molar-refractivity contribution in [3.05, 3.63) is 42.4 Å². The number of hydrogen-bond donors (Lipinski definition) is 2. The molecule has 0 aliphatic heterocycles. The van der Waals surface area contributed by atoms with Crippen LogP contribution in [-0.4, -0.2) is 27.0 Å². The molecule has 0 saturated carbocycles. The minimum atomic E-state index is -0.115. The van der Waals surface area contributed by atoms with E-state index >= 15 is 0 Å². The second-order valence-electron chi connectivity index (χ2n) is 4.54. The van der Waals surface area contributed by atoms with Crippen molar-refractivity contribution in [2.45, 2.75) is 11.9 Å². The average molecular weight is 298 g/mol. The van der Waals surface area contributed by atoms with E-state index in [1.165, 1.54) is 18.7 Å². The number of carbonyl (C=O) groups excluding carboxylic acids is 1. The molecule has 0 saturated heterocycles. The van der Waals surface area contributed by atoms with E-state index in [0.717, 1.165) is 21.6 Å². The molecule has 0 amide bonds. The number of ketones is 1. The van der Waals surface area contributed by atoms with Crippen molar-refractivity contribution in [1.82, 2.24) is 15.0 Å². The van der Waals surface area contributed by atoms with Crippen LogP contribution in [-0.2, 0) is 0 Å². The van der Waals surface area contributed by atoms with Gasteiger partial charge in [0.2, 0.25) is 0 Å². The highest BCUT2D eigenvalue weighted by Crippen LogP contribution is 2.26. The summed E-state index contributed by atoms with van der Waals surface area (Å²) in [4.78, 5) is 23.6. The van der Waals surface area contributed by atoms with Gasteiger partial charge in [-0.15, -0.1) is 11.8 Å². The van der Waals surface area contributed by atoms with Crippen LogP contribution < -0.4 is 5.32 Å². The Hall–Kier alpha value is -2.34. The van der Waals surface area contributed by atoms with Crippen molar-refractivity contribution in [2.75, 3.05) is 11.6 Å². The predicted molar refractivity (Wildman–Crippen MR) is 85.4 cm³/mol. The highest BCUT2D eigenvalue weighted by molar-refractivity contribution is 7.98. The summed E-state index contributed by atoms with van der Waals surface area (Å²) < 4.78 is 0. The van der Waals surface area contributed by atoms with Crippen LogP contribution in [0.1, 0.15) is 17.4 Å². The summed E-state index contributed by atoms with van der Waals surface area (Å²) in [5.41, 5.74) is 2.19. The van der Waals surface area contributed by atoms with Crippen molar-refractivity contribution in [2.24, 2.45) is 0 Å². The molecule has 3 aromatic rings. The third-order valence-electron chi connectivity index (χ3n) is 3.13. The number of nitrogens with one attached hydrogen (secondary N) is 2. The number of thioether (sulfide) groups is 1. The van der Waals surface area contributed by atoms with Crippen LogP contribution >= 0.6 is 11.8 Å². The van der Waals surface area contributed by atoms with Crippen molar-refractivity contribution in [1.29, 1.82) is 0 Å². The fourth-order valence-electron chi connectivity index (χ4n) is 2.13. The number of benzene rings is 1. The molecule has 0 radical (unpaired) electrons. The maximum absolute atomic E-state index is 11.7. The first kappa shape index (κ1) is 13.6. The fourth-order valence-corrected chi connectivity index (χ4v) is 2.47. The molecule has 2 N–H and O–H groups in total. The van der Waals surface area contributed by atoms with Crippen LogP contribution in [0, 0.1) is 0 Å². The van der Waals surface area contributed by atoms with Crippen LogP contribution in [0.4, 0.5) is 11.5 Å². The van der Waals surface area contributed by atoms with Gasteiger partial charge in [-0.25, -0.2) is 9.97 Å². The van der Waals surface area contributed by atoms with E-state index < -0.39 is 0 Å². The Morgan fingerprint density at radius 3 is 2.95 bits per heavy atom. The maximum Gasteiger partial charge on any atom is 0.181 e. The van der Waals surface area contributed by atoms with Gasteiger partial charge in [0.25, 0.3) is 0 Å². The molecule has 2 heterocycles. The molecule has 0 fully saturated rings. The normalized spacial score (nSPS) is 10.8. The summed E-state index contributed by atoms with van der Waals surface area (Å²) in [5, 5.41) is 5.08. The molecule has 6 heteroatoms. The number of aromatic amines is 1. The molecule has 0 spiro atoms. The van der Waals surface area contributed by atoms with E-state index in [0.29, 0.717) is 11.5 Å². The molecule has 0 aliphatic carbocycles. The number of para-hydroxylation sites is 1. The lowest BCUT2D eigenvalue weighted by Crippen LogP contribution is -2.06. The van der Waals surface area contributed by atoms with E-state index in [-0.39, 0.29) is 5.78 Å². The van der Waals surface area contributed by atoms with Gasteiger partial charge in [-0.2, -0.15) is 0 Å². The number of H-pyrrole nitrogens is 1. The number of fused-ring (bicyclic) bond motifs is 1. The van der Waals surface area contributed by atoms with Crippen LogP contribution in [0.5, 0.6) is 0 Å². The zero-order chi connectivity index (χ0) is 14.8. The van der Waals surface area contributed by atoms with Crippen LogP contribution in [0.25, 0.3) is 10.9 Å². The minimum absolute atomic E-state index is 0.115. The number of rotatable bonds is 4. The van der Waals surface area contributed by atoms with Crippen LogP contribution in [0.2, 0.25) is 0 Å². The van der Waals surface area contributed by atoms with Crippen molar-refractivity contribution in [3.63, 3.8) is 0 Å². The molecule has 0 unspecified atom stereocenters. The highest BCUT2D eigenvalue weighted by Gasteiger charge is 2.13. The first-order valence-corrected chi connectivity index (χ1v) is 7.66. The zero-order valence-electron chi connectivity index (χ0n) is 11.7. The highest BCUT2D eigenvalue weighted by atomic mass is 32.2. The quantitative estimate of drug-likeness (QED) is 0.568. The van der Waals surface area contributed by atoms with E-state index in [1.807, 2.05) is 36.7 Å². The Balaban J connectivity index is 2.08. The molecule has 21 heavy (non-hydrogen) atoms. The van der Waals surface area contributed by atoms with Gasteiger partial charge in [-0.3, -0.25) is 4.79 Å². The van der Waals surface area contributed by atoms with E-state index in [1.54, 1.807) is 6.20 Å². The monoisotopic (exact) mass is 298 g/mol. The minimum Gasteiger partial charge on any atom is -0.359 e. The molecule has 106 valence electrons. The van der Waals surface area contributed by atoms with E-state index in [4.69, 9.17) is 0 Å². The SMILES string of the molecule is CSc1cnc(C(C)=O)c(Nc2cccc3cc[nH]c23)n1. The van der Waals surface area contributed by atoms with Gasteiger partial charge in [0.05, 0.1) is 17.4 Å². The predicted octanol–water partition coefficient (Wildman–Crippen LogP) is 3.63. The standard InChI is InChI=1S/C15H14N4OS/c1-9(20)13-15(19-12(21-2)8-17-13)18-11-5-3-4-10-6-7-16-14(10)11/h3-8,16H,1-2H3,(H,18,19). The number of aromatic nitrogens is 3. The Morgan fingerprint density at radius 1 is 1.33 bits per heavy atom. The third-order valence-corrected chi connectivity index (χ3v) is 3.75. The lowest BCUT2D eigenvalue weighted by Gasteiger charge is -2.10. The number of carbonyl (C=O) groups is 1. The first-order chi connectivity index (χ1) is 10.2. The molecule has 3 rings (SSSR count). The Labute approximate surface area is 126 Å². The fraction of sp³-hybridized carbons (Fsp3) is 0.133. The van der Waals surface area contributed by atoms with Crippen molar-refractivity contribution in [3.8, 4) is 0 Å². The Bertz CT molecular complexity index is 812. The van der Waals surface area contributed by atoms with Crippen LogP contribution in [0.3, 0.4) is 0 Å². The molecule has 0 bridgehead atoms. The van der Waals surface area contributed by atoms with Crippen molar-refractivity contribution < 1.29 is 4.79 Å². The van der Waals surface area contributed by atoms with Gasteiger partial charge in [0.15, 0.2) is 11.6 Å². The molecular formula is C15H14N4OS. The lowest BCUT2D eigenvalue weighted by molar-refractivity contribution is 0.101. The Morgan fingerprint density at radius 2 is 2.19 bits per heavy atom. The summed E-state index contributed by atoms with van der Waals surface area (Å²) in [6, 6.07) is 7.91. The van der Waals surface area contributed by atoms with Gasteiger partial charge in [0.1, 0.15) is 10.7 Å². The Kier molecular flexibility index (Phi) is 3.62. The number of Topliss-reactive ketones (excluding diaryl/α,β-unsaturated/α-hetero) is 1. The van der Waals surface area contributed by atoms with E-state index in [9.17, 15) is 4.79 Å². The summed E-state index contributed by atoms with van der Waals surface area (Å²) in [6.45, 7) is 1.49. The number of anilines is 2. The largest absolute Gasteiger partial charge is 0.359 e. The van der Waals surface area contributed by atoms with Gasteiger partial charge >= 0.3 is 0 Å². The van der Waals surface area contributed by atoms with Gasteiger partial charge in [0, 0.05) is 18.5 Å². The molecule has 2 aromatic heterocycles. The zero-order valence-corrected chi connectivity index (χ0v) is 12.5. The molecule has 0 aliphatic rings. The summed E-state index contributed by atoms with van der Waals surface area (Å²) in [6.07, 6.45) is 5.42. The third kappa shape index (κ3) is 2.62. The summed E-state index contributed by atoms with van der Waals surface area (Å²) in [5.74, 6) is 0.368. The smallest absolute Gasteiger partial charge is 0.181 e. The molecule has 0 atom stereocenters. The summed E-state index contributed by atoms with van der Waals surface area (Å²) >= 11 is 1.49. The van der Waals surface area contributed by atoms with Gasteiger partial charge < -0.3 is 10.3 Å². The maximum atomic E-state index is 11.7. The lowest BCUT2D eigenvalue weighted by atomic mass is 10.2. The topological polar surface area (TPSA) is 70.7 Å². The van der Waals surface area contributed by atoms with Crippen LogP contribution in [0.15, 0.2) is 41.7 Å². The second kappa shape index (κ2) is 5.57. The van der Waals surface area contributed by atoms with Gasteiger partial charge in [-0.05, 0) is 18.4 Å². The second-order valence-corrected chi connectivity index (χ2v) is 5.36. The number of hydrogen-bond acceptors (Lipinski definition) is 5. The summed E-state index contributed by atoms with van der Waals surface area (Å²) in [7, 11) is 0. The molecular weight excluding hydrogens is 284 g/mol. The van der Waals surface area contributed by atoms with E-state index in [2.05, 4.69) is 20.3 Å². The first-order valence-electron chi connectivity index (χ1n) is 6.44. The molecule has 5 nitrogen and oxygen atoms in total. The number of nitrogens with zero attached hydrogens (tertiary/aromatic N) is 2.